The first-order valence-electron chi connectivity index (χ1n) is 5.77. The maximum atomic E-state index is 5.46. The molecule has 5 heteroatoms. The zero-order valence-corrected chi connectivity index (χ0v) is 9.55. The molecule has 0 radical (unpaired) electrons. The molecular formula is C11H19N5. The van der Waals surface area contributed by atoms with Crippen LogP contribution in [0, 0.1) is 0 Å². The van der Waals surface area contributed by atoms with Crippen molar-refractivity contribution in [2.45, 2.75) is 32.0 Å². The Labute approximate surface area is 95.9 Å². The maximum absolute atomic E-state index is 5.46. The van der Waals surface area contributed by atoms with Gasteiger partial charge in [0.05, 0.1) is 12.2 Å². The lowest BCUT2D eigenvalue weighted by atomic mass is 10.3. The van der Waals surface area contributed by atoms with Crippen molar-refractivity contribution < 1.29 is 0 Å². The summed E-state index contributed by atoms with van der Waals surface area (Å²) in [6.07, 6.45) is 6.52. The van der Waals surface area contributed by atoms with Crippen LogP contribution in [0.4, 0.5) is 0 Å². The third-order valence-corrected chi connectivity index (χ3v) is 2.74. The van der Waals surface area contributed by atoms with Crippen molar-refractivity contribution in [3.05, 3.63) is 24.5 Å². The third-order valence-electron chi connectivity index (χ3n) is 2.74. The van der Waals surface area contributed by atoms with E-state index in [2.05, 4.69) is 21.8 Å². The standard InChI is InChI=1S/C11H19N5/c1-2-6-15(11-3-4-11)8-10-9-16(7-5-12)14-13-10/h2,9,11H,1,3-8,12H2. The van der Waals surface area contributed by atoms with Crippen LogP contribution in [0.1, 0.15) is 18.5 Å². The summed E-state index contributed by atoms with van der Waals surface area (Å²) in [6, 6.07) is 0.720. The Hall–Kier alpha value is -1.20. The summed E-state index contributed by atoms with van der Waals surface area (Å²) in [4.78, 5) is 2.39. The average molecular weight is 221 g/mol. The molecule has 1 aliphatic rings. The van der Waals surface area contributed by atoms with Gasteiger partial charge in [-0.25, -0.2) is 0 Å². The minimum Gasteiger partial charge on any atom is -0.329 e. The molecule has 1 aromatic heterocycles. The van der Waals surface area contributed by atoms with E-state index in [1.807, 2.05) is 12.3 Å². The fraction of sp³-hybridized carbons (Fsp3) is 0.636. The van der Waals surface area contributed by atoms with Gasteiger partial charge in [0.2, 0.25) is 0 Å². The molecule has 0 bridgehead atoms. The van der Waals surface area contributed by atoms with Gasteiger partial charge in [-0.05, 0) is 12.8 Å². The first-order chi connectivity index (χ1) is 7.83. The molecule has 0 saturated heterocycles. The van der Waals surface area contributed by atoms with E-state index in [1.54, 1.807) is 4.68 Å². The molecule has 2 rings (SSSR count). The van der Waals surface area contributed by atoms with Crippen molar-refractivity contribution in [1.29, 1.82) is 0 Å². The zero-order chi connectivity index (χ0) is 11.4. The number of aromatic nitrogens is 3. The summed E-state index contributed by atoms with van der Waals surface area (Å²) in [6.45, 7) is 6.91. The molecular weight excluding hydrogens is 202 g/mol. The number of hydrogen-bond donors (Lipinski definition) is 1. The van der Waals surface area contributed by atoms with Crippen LogP contribution in [0.5, 0.6) is 0 Å². The van der Waals surface area contributed by atoms with E-state index in [9.17, 15) is 0 Å². The summed E-state index contributed by atoms with van der Waals surface area (Å²) in [7, 11) is 0. The smallest absolute Gasteiger partial charge is 0.0967 e. The molecule has 2 N–H and O–H groups in total. The van der Waals surface area contributed by atoms with Crippen LogP contribution >= 0.6 is 0 Å². The summed E-state index contributed by atoms with van der Waals surface area (Å²) in [5.41, 5.74) is 6.48. The molecule has 0 atom stereocenters. The molecule has 16 heavy (non-hydrogen) atoms. The van der Waals surface area contributed by atoms with Gasteiger partial charge in [-0.1, -0.05) is 11.3 Å². The van der Waals surface area contributed by atoms with Crippen LogP contribution in [0.25, 0.3) is 0 Å². The van der Waals surface area contributed by atoms with Crippen LogP contribution in [-0.4, -0.2) is 39.0 Å². The van der Waals surface area contributed by atoms with Gasteiger partial charge in [0.1, 0.15) is 0 Å². The molecule has 0 aliphatic heterocycles. The Morgan fingerprint density at radius 2 is 2.44 bits per heavy atom. The maximum Gasteiger partial charge on any atom is 0.0967 e. The summed E-state index contributed by atoms with van der Waals surface area (Å²) >= 11 is 0. The Morgan fingerprint density at radius 3 is 3.06 bits per heavy atom. The molecule has 1 saturated carbocycles. The van der Waals surface area contributed by atoms with Gasteiger partial charge >= 0.3 is 0 Å². The first kappa shape index (κ1) is 11.3. The van der Waals surface area contributed by atoms with E-state index in [0.717, 1.165) is 31.4 Å². The molecule has 0 amide bonds. The Balaban J connectivity index is 1.92. The van der Waals surface area contributed by atoms with Crippen molar-refractivity contribution in [2.24, 2.45) is 5.73 Å². The van der Waals surface area contributed by atoms with Gasteiger partial charge in [0, 0.05) is 31.9 Å². The average Bonchev–Trinajstić information content (AvgIpc) is 3.02. The van der Waals surface area contributed by atoms with Crippen molar-refractivity contribution in [3.8, 4) is 0 Å². The van der Waals surface area contributed by atoms with Crippen LogP contribution in [0.3, 0.4) is 0 Å². The van der Waals surface area contributed by atoms with Crippen molar-refractivity contribution in [3.63, 3.8) is 0 Å². The lowest BCUT2D eigenvalue weighted by Crippen LogP contribution is -2.25. The second kappa shape index (κ2) is 5.23. The molecule has 0 aromatic carbocycles. The van der Waals surface area contributed by atoms with Crippen molar-refractivity contribution >= 4 is 0 Å². The Bertz CT molecular complexity index is 342. The molecule has 1 aliphatic carbocycles. The van der Waals surface area contributed by atoms with Crippen LogP contribution < -0.4 is 5.73 Å². The van der Waals surface area contributed by atoms with Gasteiger partial charge < -0.3 is 5.73 Å². The van der Waals surface area contributed by atoms with Crippen molar-refractivity contribution in [1.82, 2.24) is 19.9 Å². The fourth-order valence-corrected chi connectivity index (χ4v) is 1.81. The highest BCUT2D eigenvalue weighted by Gasteiger charge is 2.28. The topological polar surface area (TPSA) is 60.0 Å². The highest BCUT2D eigenvalue weighted by atomic mass is 15.4. The summed E-state index contributed by atoms with van der Waals surface area (Å²) in [5, 5.41) is 8.18. The van der Waals surface area contributed by atoms with E-state index in [1.165, 1.54) is 12.8 Å². The second-order valence-corrected chi connectivity index (χ2v) is 4.21. The lowest BCUT2D eigenvalue weighted by molar-refractivity contribution is 0.280. The van der Waals surface area contributed by atoms with Crippen molar-refractivity contribution in [2.75, 3.05) is 13.1 Å². The predicted octanol–water partition coefficient (Wildman–Crippen LogP) is 0.387. The molecule has 1 heterocycles. The van der Waals surface area contributed by atoms with E-state index < -0.39 is 0 Å². The lowest BCUT2D eigenvalue weighted by Gasteiger charge is -2.17. The van der Waals surface area contributed by atoms with Gasteiger partial charge in [-0.2, -0.15) is 0 Å². The second-order valence-electron chi connectivity index (χ2n) is 4.21. The molecule has 1 fully saturated rings. The molecule has 1 aromatic rings. The van der Waals surface area contributed by atoms with Gasteiger partial charge in [-0.3, -0.25) is 9.58 Å². The van der Waals surface area contributed by atoms with Gasteiger partial charge in [0.15, 0.2) is 0 Å². The summed E-state index contributed by atoms with van der Waals surface area (Å²) < 4.78 is 1.80. The Morgan fingerprint density at radius 1 is 1.62 bits per heavy atom. The number of nitrogens with zero attached hydrogens (tertiary/aromatic N) is 4. The first-order valence-corrected chi connectivity index (χ1v) is 5.77. The summed E-state index contributed by atoms with van der Waals surface area (Å²) in [5.74, 6) is 0. The monoisotopic (exact) mass is 221 g/mol. The van der Waals surface area contributed by atoms with Crippen LogP contribution in [0.15, 0.2) is 18.9 Å². The minimum atomic E-state index is 0.599. The van der Waals surface area contributed by atoms with Crippen LogP contribution in [-0.2, 0) is 13.1 Å². The van der Waals surface area contributed by atoms with Gasteiger partial charge in [-0.15, -0.1) is 11.7 Å². The van der Waals surface area contributed by atoms with Gasteiger partial charge in [0.25, 0.3) is 0 Å². The molecule has 0 spiro atoms. The van der Waals surface area contributed by atoms with E-state index in [4.69, 9.17) is 5.73 Å². The minimum absolute atomic E-state index is 0.599. The fourth-order valence-electron chi connectivity index (χ4n) is 1.81. The number of rotatable bonds is 7. The van der Waals surface area contributed by atoms with E-state index >= 15 is 0 Å². The largest absolute Gasteiger partial charge is 0.329 e. The molecule has 5 nitrogen and oxygen atoms in total. The van der Waals surface area contributed by atoms with Crippen LogP contribution in [0.2, 0.25) is 0 Å². The normalized spacial score (nSPS) is 15.6. The molecule has 0 unspecified atom stereocenters. The quantitative estimate of drug-likeness (QED) is 0.677. The highest BCUT2D eigenvalue weighted by Crippen LogP contribution is 2.27. The SMILES string of the molecule is C=CCN(Cc1cn(CCN)nn1)C1CC1. The zero-order valence-electron chi connectivity index (χ0n) is 9.55. The third kappa shape index (κ3) is 2.90. The number of hydrogen-bond acceptors (Lipinski definition) is 4. The number of nitrogens with two attached hydrogens (primary N) is 1. The Kier molecular flexibility index (Phi) is 3.69. The molecule has 88 valence electrons. The predicted molar refractivity (Wildman–Crippen MR) is 62.7 cm³/mol. The van der Waals surface area contributed by atoms with E-state index in [0.29, 0.717) is 6.54 Å². The highest BCUT2D eigenvalue weighted by molar-refractivity contribution is 4.97. The van der Waals surface area contributed by atoms with E-state index in [-0.39, 0.29) is 0 Å².